The molecule has 1 aliphatic carbocycles. The minimum Gasteiger partial charge on any atom is -0.504 e. The van der Waals surface area contributed by atoms with Crippen molar-refractivity contribution in [1.29, 1.82) is 0 Å². The summed E-state index contributed by atoms with van der Waals surface area (Å²) in [5, 5.41) is 15.2. The number of benzene rings is 1. The zero-order chi connectivity index (χ0) is 19.7. The molecule has 0 atom stereocenters. The SMILES string of the molecule is C=CCc1cc(/C=N\n2cnc3sc4c(c3c2=O)CCCC4)cc(OC)c1O. The second-order valence-electron chi connectivity index (χ2n) is 6.75. The summed E-state index contributed by atoms with van der Waals surface area (Å²) in [6, 6.07) is 3.47. The van der Waals surface area contributed by atoms with Crippen molar-refractivity contribution in [2.24, 2.45) is 5.10 Å². The number of thiophene rings is 1. The van der Waals surface area contributed by atoms with E-state index < -0.39 is 0 Å². The molecular formula is C21H21N3O3S. The largest absolute Gasteiger partial charge is 0.504 e. The Morgan fingerprint density at radius 1 is 1.39 bits per heavy atom. The summed E-state index contributed by atoms with van der Waals surface area (Å²) >= 11 is 1.62. The maximum Gasteiger partial charge on any atom is 0.282 e. The molecule has 0 aliphatic heterocycles. The zero-order valence-corrected chi connectivity index (χ0v) is 16.5. The molecule has 28 heavy (non-hydrogen) atoms. The fourth-order valence-electron chi connectivity index (χ4n) is 3.58. The summed E-state index contributed by atoms with van der Waals surface area (Å²) in [5.41, 5.74) is 2.40. The molecule has 6 nitrogen and oxygen atoms in total. The average Bonchev–Trinajstić information content (AvgIpc) is 3.09. The zero-order valence-electron chi connectivity index (χ0n) is 15.6. The molecule has 144 valence electrons. The smallest absolute Gasteiger partial charge is 0.282 e. The Balaban J connectivity index is 1.75. The van der Waals surface area contributed by atoms with E-state index in [4.69, 9.17) is 4.74 Å². The van der Waals surface area contributed by atoms with Crippen molar-refractivity contribution in [3.8, 4) is 11.5 Å². The van der Waals surface area contributed by atoms with Crippen LogP contribution in [0, 0.1) is 0 Å². The molecule has 3 aromatic rings. The Kier molecular flexibility index (Phi) is 5.00. The molecule has 0 saturated heterocycles. The highest BCUT2D eigenvalue weighted by Crippen LogP contribution is 2.33. The van der Waals surface area contributed by atoms with Crippen molar-refractivity contribution < 1.29 is 9.84 Å². The van der Waals surface area contributed by atoms with Gasteiger partial charge in [0, 0.05) is 10.4 Å². The Bertz CT molecular complexity index is 1140. The van der Waals surface area contributed by atoms with Gasteiger partial charge in [-0.3, -0.25) is 4.79 Å². The van der Waals surface area contributed by atoms with Crippen LogP contribution in [0.5, 0.6) is 11.5 Å². The molecule has 1 N–H and O–H groups in total. The van der Waals surface area contributed by atoms with Crippen LogP contribution in [-0.2, 0) is 19.3 Å². The Morgan fingerprint density at radius 3 is 3.00 bits per heavy atom. The lowest BCUT2D eigenvalue weighted by Crippen LogP contribution is -2.18. The van der Waals surface area contributed by atoms with Gasteiger partial charge in [0.15, 0.2) is 11.5 Å². The first kappa shape index (κ1) is 18.4. The second-order valence-corrected chi connectivity index (χ2v) is 7.84. The number of hydrogen-bond acceptors (Lipinski definition) is 6. The number of phenols is 1. The van der Waals surface area contributed by atoms with Gasteiger partial charge in [-0.25, -0.2) is 4.98 Å². The van der Waals surface area contributed by atoms with Crippen LogP contribution >= 0.6 is 11.3 Å². The number of methoxy groups -OCH3 is 1. The maximum atomic E-state index is 13.0. The first-order valence-electron chi connectivity index (χ1n) is 9.19. The molecule has 0 spiro atoms. The van der Waals surface area contributed by atoms with E-state index in [-0.39, 0.29) is 11.3 Å². The van der Waals surface area contributed by atoms with Crippen LogP contribution in [0.4, 0.5) is 0 Å². The van der Waals surface area contributed by atoms with Crippen LogP contribution in [0.15, 0.2) is 41.0 Å². The van der Waals surface area contributed by atoms with Gasteiger partial charge in [0.25, 0.3) is 5.56 Å². The number of aromatic nitrogens is 2. The Morgan fingerprint density at radius 2 is 2.21 bits per heavy atom. The number of ether oxygens (including phenoxy) is 1. The van der Waals surface area contributed by atoms with Gasteiger partial charge in [0.05, 0.1) is 18.7 Å². The monoisotopic (exact) mass is 395 g/mol. The van der Waals surface area contributed by atoms with Crippen LogP contribution in [0.25, 0.3) is 10.2 Å². The molecule has 0 amide bonds. The lowest BCUT2D eigenvalue weighted by atomic mass is 9.97. The van der Waals surface area contributed by atoms with Gasteiger partial charge in [-0.15, -0.1) is 17.9 Å². The number of aryl methyl sites for hydroxylation is 2. The van der Waals surface area contributed by atoms with Gasteiger partial charge in [0.1, 0.15) is 11.2 Å². The molecule has 2 heterocycles. The predicted molar refractivity (Wildman–Crippen MR) is 112 cm³/mol. The Labute approximate surface area is 166 Å². The molecule has 2 aromatic heterocycles. The van der Waals surface area contributed by atoms with E-state index in [1.54, 1.807) is 35.8 Å². The molecule has 7 heteroatoms. The molecule has 0 radical (unpaired) electrons. The third-order valence-electron chi connectivity index (χ3n) is 4.95. The van der Waals surface area contributed by atoms with Crippen LogP contribution in [0.3, 0.4) is 0 Å². The fraction of sp³-hybridized carbons (Fsp3) is 0.286. The quantitative estimate of drug-likeness (QED) is 0.528. The Hall–Kier alpha value is -2.93. The van der Waals surface area contributed by atoms with Gasteiger partial charge >= 0.3 is 0 Å². The molecule has 0 bridgehead atoms. The molecule has 0 saturated carbocycles. The number of fused-ring (bicyclic) bond motifs is 3. The lowest BCUT2D eigenvalue weighted by Gasteiger charge is -2.10. The first-order chi connectivity index (χ1) is 13.6. The number of phenolic OH excluding ortho intramolecular Hbond substituents is 1. The van der Waals surface area contributed by atoms with Crippen LogP contribution in [0.1, 0.15) is 34.4 Å². The van der Waals surface area contributed by atoms with Crippen molar-refractivity contribution in [2.45, 2.75) is 32.1 Å². The molecule has 0 unspecified atom stereocenters. The van der Waals surface area contributed by atoms with Gasteiger partial charge in [-0.05, 0) is 55.4 Å². The van der Waals surface area contributed by atoms with E-state index in [0.717, 1.165) is 29.7 Å². The number of aromatic hydroxyl groups is 1. The lowest BCUT2D eigenvalue weighted by molar-refractivity contribution is 0.371. The van der Waals surface area contributed by atoms with E-state index >= 15 is 0 Å². The first-order valence-corrected chi connectivity index (χ1v) is 10.0. The molecule has 4 rings (SSSR count). The van der Waals surface area contributed by atoms with Crippen molar-refractivity contribution in [1.82, 2.24) is 9.66 Å². The fourth-order valence-corrected chi connectivity index (χ4v) is 4.80. The summed E-state index contributed by atoms with van der Waals surface area (Å²) in [6.07, 6.45) is 9.47. The summed E-state index contributed by atoms with van der Waals surface area (Å²) in [7, 11) is 1.50. The maximum absolute atomic E-state index is 13.0. The number of rotatable bonds is 5. The van der Waals surface area contributed by atoms with Crippen molar-refractivity contribution in [3.05, 3.63) is 63.0 Å². The molecule has 1 aromatic carbocycles. The third kappa shape index (κ3) is 3.22. The summed E-state index contributed by atoms with van der Waals surface area (Å²) in [4.78, 5) is 19.5. The van der Waals surface area contributed by atoms with Crippen LogP contribution in [-0.4, -0.2) is 28.1 Å². The predicted octanol–water partition coefficient (Wildman–Crippen LogP) is 3.66. The van der Waals surface area contributed by atoms with E-state index in [1.807, 2.05) is 0 Å². The number of hydrogen-bond donors (Lipinski definition) is 1. The normalized spacial score (nSPS) is 13.8. The van der Waals surface area contributed by atoms with E-state index in [9.17, 15) is 9.90 Å². The highest BCUT2D eigenvalue weighted by Gasteiger charge is 2.19. The highest BCUT2D eigenvalue weighted by molar-refractivity contribution is 7.18. The van der Waals surface area contributed by atoms with Crippen LogP contribution < -0.4 is 10.3 Å². The number of allylic oxidation sites excluding steroid dienone is 1. The van der Waals surface area contributed by atoms with Crippen molar-refractivity contribution in [3.63, 3.8) is 0 Å². The van der Waals surface area contributed by atoms with Gasteiger partial charge < -0.3 is 9.84 Å². The summed E-state index contributed by atoms with van der Waals surface area (Å²) in [6.45, 7) is 3.71. The standard InChI is InChI=1S/C21H21N3O3S/c1-3-6-14-9-13(10-16(27-2)19(14)25)11-23-24-12-22-20-18(21(24)26)15-7-4-5-8-17(15)28-20/h3,9-12,25H,1,4-8H2,2H3/b23-11-. The second kappa shape index (κ2) is 7.59. The van der Waals surface area contributed by atoms with Gasteiger partial charge in [0.2, 0.25) is 0 Å². The van der Waals surface area contributed by atoms with E-state index in [0.29, 0.717) is 28.7 Å². The number of nitrogens with zero attached hydrogens (tertiary/aromatic N) is 3. The summed E-state index contributed by atoms with van der Waals surface area (Å²) < 4.78 is 6.51. The summed E-state index contributed by atoms with van der Waals surface area (Å²) in [5.74, 6) is 0.443. The van der Waals surface area contributed by atoms with E-state index in [2.05, 4.69) is 16.7 Å². The van der Waals surface area contributed by atoms with Crippen molar-refractivity contribution >= 4 is 27.8 Å². The topological polar surface area (TPSA) is 76.7 Å². The molecule has 0 fully saturated rings. The van der Waals surface area contributed by atoms with Crippen LogP contribution in [0.2, 0.25) is 0 Å². The molecular weight excluding hydrogens is 374 g/mol. The van der Waals surface area contributed by atoms with Gasteiger partial charge in [-0.1, -0.05) is 6.08 Å². The van der Waals surface area contributed by atoms with E-state index in [1.165, 1.54) is 29.4 Å². The minimum atomic E-state index is -0.141. The average molecular weight is 395 g/mol. The van der Waals surface area contributed by atoms with Crippen molar-refractivity contribution in [2.75, 3.05) is 7.11 Å². The van der Waals surface area contributed by atoms with Gasteiger partial charge in [-0.2, -0.15) is 9.78 Å². The minimum absolute atomic E-state index is 0.0877. The third-order valence-corrected chi connectivity index (χ3v) is 6.15. The molecule has 1 aliphatic rings. The highest BCUT2D eigenvalue weighted by atomic mass is 32.1.